The summed E-state index contributed by atoms with van der Waals surface area (Å²) in [5, 5.41) is 5.87. The van der Waals surface area contributed by atoms with Gasteiger partial charge in [0.25, 0.3) is 5.91 Å². The minimum Gasteiger partial charge on any atom is -0.352 e. The lowest BCUT2D eigenvalue weighted by Gasteiger charge is -2.32. The molecule has 24 heavy (non-hydrogen) atoms. The minimum atomic E-state index is -0.375. The van der Waals surface area contributed by atoms with Crippen LogP contribution in [0.1, 0.15) is 36.0 Å². The Balaban J connectivity index is 1.66. The quantitative estimate of drug-likeness (QED) is 0.799. The molecule has 2 amide bonds. The second-order valence-corrected chi connectivity index (χ2v) is 6.23. The molecule has 0 aromatic heterocycles. The zero-order valence-electron chi connectivity index (χ0n) is 14.2. The molecule has 1 fully saturated rings. The molecule has 1 aliphatic heterocycles. The molecule has 0 aliphatic carbocycles. The number of piperidine rings is 1. The van der Waals surface area contributed by atoms with E-state index in [1.807, 2.05) is 11.9 Å². The van der Waals surface area contributed by atoms with Gasteiger partial charge in [0.05, 0.1) is 0 Å². The number of benzene rings is 1. The normalized spacial score (nSPS) is 15.3. The van der Waals surface area contributed by atoms with Crippen LogP contribution in [0, 0.1) is 11.7 Å². The molecule has 0 spiro atoms. The Hall–Kier alpha value is -1.95. The van der Waals surface area contributed by atoms with E-state index in [0.717, 1.165) is 38.9 Å². The zero-order valence-corrected chi connectivity index (χ0v) is 14.2. The second kappa shape index (κ2) is 9.37. The maximum absolute atomic E-state index is 12.8. The molecule has 1 aromatic rings. The van der Waals surface area contributed by atoms with Crippen LogP contribution >= 0.6 is 0 Å². The smallest absolute Gasteiger partial charge is 0.251 e. The highest BCUT2D eigenvalue weighted by Crippen LogP contribution is 2.20. The third kappa shape index (κ3) is 5.60. The van der Waals surface area contributed by atoms with Crippen LogP contribution in [0.3, 0.4) is 0 Å². The molecular weight excluding hydrogens is 309 g/mol. The van der Waals surface area contributed by atoms with E-state index >= 15 is 0 Å². The van der Waals surface area contributed by atoms with Crippen molar-refractivity contribution in [1.29, 1.82) is 0 Å². The number of hydrogen-bond donors (Lipinski definition) is 2. The third-order valence-electron chi connectivity index (χ3n) is 4.50. The minimum absolute atomic E-state index is 0.0847. The van der Waals surface area contributed by atoms with Crippen molar-refractivity contribution >= 4 is 11.8 Å². The van der Waals surface area contributed by atoms with E-state index in [2.05, 4.69) is 10.6 Å². The van der Waals surface area contributed by atoms with E-state index in [0.29, 0.717) is 24.4 Å². The maximum Gasteiger partial charge on any atom is 0.251 e. The predicted octanol–water partition coefficient (Wildman–Crippen LogP) is 1.79. The lowest BCUT2D eigenvalue weighted by Crippen LogP contribution is -2.40. The maximum atomic E-state index is 12.8. The number of nitrogens with zero attached hydrogens (tertiary/aromatic N) is 1. The van der Waals surface area contributed by atoms with Crippen LogP contribution in [0.4, 0.5) is 4.39 Å². The fraction of sp³-hybridized carbons (Fsp3) is 0.556. The van der Waals surface area contributed by atoms with E-state index < -0.39 is 0 Å². The van der Waals surface area contributed by atoms with Gasteiger partial charge in [-0.25, -0.2) is 4.39 Å². The summed E-state index contributed by atoms with van der Waals surface area (Å²) in [6.45, 7) is 2.93. The predicted molar refractivity (Wildman–Crippen MR) is 91.2 cm³/mol. The van der Waals surface area contributed by atoms with Gasteiger partial charge in [-0.3, -0.25) is 9.59 Å². The Morgan fingerprint density at radius 1 is 1.17 bits per heavy atom. The number of halogens is 1. The van der Waals surface area contributed by atoms with E-state index in [1.54, 1.807) is 0 Å². The summed E-state index contributed by atoms with van der Waals surface area (Å²) >= 11 is 0. The van der Waals surface area contributed by atoms with Crippen LogP contribution in [0.5, 0.6) is 0 Å². The lowest BCUT2D eigenvalue weighted by molar-refractivity contribution is -0.132. The number of hydrogen-bond acceptors (Lipinski definition) is 3. The molecule has 1 saturated heterocycles. The van der Waals surface area contributed by atoms with Crippen molar-refractivity contribution in [3.8, 4) is 0 Å². The van der Waals surface area contributed by atoms with Gasteiger partial charge in [0.2, 0.25) is 5.91 Å². The topological polar surface area (TPSA) is 61.4 Å². The fourth-order valence-corrected chi connectivity index (χ4v) is 2.96. The van der Waals surface area contributed by atoms with Crippen molar-refractivity contribution in [2.24, 2.45) is 5.92 Å². The summed E-state index contributed by atoms with van der Waals surface area (Å²) < 4.78 is 12.8. The highest BCUT2D eigenvalue weighted by molar-refractivity contribution is 5.94. The molecule has 0 atom stereocenters. The first-order valence-electron chi connectivity index (χ1n) is 8.56. The standard InChI is InChI=1S/C18H26FN3O2/c1-20-10-6-14-8-12-22(13-9-14)17(23)7-11-21-18(24)15-2-4-16(19)5-3-15/h2-5,14,20H,6-13H2,1H3,(H,21,24). The summed E-state index contributed by atoms with van der Waals surface area (Å²) in [7, 11) is 1.96. The molecule has 1 heterocycles. The molecule has 0 saturated carbocycles. The largest absolute Gasteiger partial charge is 0.352 e. The average molecular weight is 335 g/mol. The van der Waals surface area contributed by atoms with E-state index in [-0.39, 0.29) is 17.6 Å². The number of rotatable bonds is 7. The SMILES string of the molecule is CNCCC1CCN(C(=O)CCNC(=O)c2ccc(F)cc2)CC1. The Bertz CT molecular complexity index is 540. The molecule has 2 rings (SSSR count). The Morgan fingerprint density at radius 2 is 1.83 bits per heavy atom. The van der Waals surface area contributed by atoms with Crippen LogP contribution < -0.4 is 10.6 Å². The van der Waals surface area contributed by atoms with Crippen LogP contribution in [0.25, 0.3) is 0 Å². The fourth-order valence-electron chi connectivity index (χ4n) is 2.96. The molecule has 2 N–H and O–H groups in total. The summed E-state index contributed by atoms with van der Waals surface area (Å²) in [5.41, 5.74) is 0.397. The number of nitrogens with one attached hydrogen (secondary N) is 2. The second-order valence-electron chi connectivity index (χ2n) is 6.23. The molecule has 1 aliphatic rings. The highest BCUT2D eigenvalue weighted by atomic mass is 19.1. The molecule has 1 aromatic carbocycles. The number of carbonyl (C=O) groups excluding carboxylic acids is 2. The molecule has 0 radical (unpaired) electrons. The summed E-state index contributed by atoms with van der Waals surface area (Å²) in [4.78, 5) is 26.0. The van der Waals surface area contributed by atoms with E-state index in [9.17, 15) is 14.0 Å². The van der Waals surface area contributed by atoms with Gasteiger partial charge in [-0.1, -0.05) is 0 Å². The van der Waals surface area contributed by atoms with Crippen LogP contribution in [0.15, 0.2) is 24.3 Å². The first kappa shape index (κ1) is 18.4. The molecule has 5 nitrogen and oxygen atoms in total. The Kier molecular flexibility index (Phi) is 7.18. The number of likely N-dealkylation sites (tertiary alicyclic amines) is 1. The van der Waals surface area contributed by atoms with Gasteiger partial charge in [0.15, 0.2) is 0 Å². The highest BCUT2D eigenvalue weighted by Gasteiger charge is 2.22. The number of amides is 2. The Labute approximate surface area is 142 Å². The average Bonchev–Trinajstić information content (AvgIpc) is 2.60. The first-order chi connectivity index (χ1) is 11.6. The van der Waals surface area contributed by atoms with Crippen LogP contribution in [0.2, 0.25) is 0 Å². The summed E-state index contributed by atoms with van der Waals surface area (Å²) in [6.07, 6.45) is 3.56. The third-order valence-corrected chi connectivity index (χ3v) is 4.50. The molecule has 132 valence electrons. The zero-order chi connectivity index (χ0) is 17.4. The van der Waals surface area contributed by atoms with Crippen molar-refractivity contribution in [1.82, 2.24) is 15.5 Å². The monoisotopic (exact) mass is 335 g/mol. The van der Waals surface area contributed by atoms with Crippen molar-refractivity contribution in [2.45, 2.75) is 25.7 Å². The molecule has 0 unspecified atom stereocenters. The first-order valence-corrected chi connectivity index (χ1v) is 8.56. The van der Waals surface area contributed by atoms with Gasteiger partial charge in [0.1, 0.15) is 5.82 Å². The van der Waals surface area contributed by atoms with Crippen molar-refractivity contribution < 1.29 is 14.0 Å². The van der Waals surface area contributed by atoms with E-state index in [1.165, 1.54) is 24.3 Å². The van der Waals surface area contributed by atoms with Gasteiger partial charge in [-0.05, 0) is 63.0 Å². The van der Waals surface area contributed by atoms with Gasteiger partial charge in [-0.2, -0.15) is 0 Å². The van der Waals surface area contributed by atoms with Crippen LogP contribution in [-0.4, -0.2) is 49.9 Å². The van der Waals surface area contributed by atoms with Gasteiger partial charge in [0, 0.05) is 31.6 Å². The Morgan fingerprint density at radius 3 is 2.46 bits per heavy atom. The molecular formula is C18H26FN3O2. The van der Waals surface area contributed by atoms with Gasteiger partial charge < -0.3 is 15.5 Å². The van der Waals surface area contributed by atoms with Crippen molar-refractivity contribution in [2.75, 3.05) is 33.2 Å². The lowest BCUT2D eigenvalue weighted by atomic mass is 9.93. The van der Waals surface area contributed by atoms with Gasteiger partial charge >= 0.3 is 0 Å². The van der Waals surface area contributed by atoms with E-state index in [4.69, 9.17) is 0 Å². The summed E-state index contributed by atoms with van der Waals surface area (Å²) in [5.74, 6) is 0.120. The van der Waals surface area contributed by atoms with Gasteiger partial charge in [-0.15, -0.1) is 0 Å². The van der Waals surface area contributed by atoms with Crippen LogP contribution in [-0.2, 0) is 4.79 Å². The van der Waals surface area contributed by atoms with Crippen molar-refractivity contribution in [3.63, 3.8) is 0 Å². The summed E-state index contributed by atoms with van der Waals surface area (Å²) in [6, 6.07) is 5.36. The molecule has 6 heteroatoms. The molecule has 0 bridgehead atoms. The number of carbonyl (C=O) groups is 2. The van der Waals surface area contributed by atoms with Crippen molar-refractivity contribution in [3.05, 3.63) is 35.6 Å².